The fourth-order valence-corrected chi connectivity index (χ4v) is 6.36. The van der Waals surface area contributed by atoms with Crippen LogP contribution in [0, 0.1) is 0 Å². The number of rotatable bonds is 2. The molecule has 3 nitrogen and oxygen atoms in total. The van der Waals surface area contributed by atoms with Gasteiger partial charge in [0.1, 0.15) is 5.65 Å². The normalized spacial score (nSPS) is 12.5. The molecule has 3 aromatic heterocycles. The molecule has 0 aliphatic heterocycles. The fraction of sp³-hybridized carbons (Fsp3) is 0. The third kappa shape index (κ3) is 2.80. The maximum atomic E-state index is 4.97. The SMILES string of the molecule is C1=Cc2nc3c4ccc(-c5ccc(-n6c7ccccc7c7ccccc76)cc5)cc4c4ccccc4n3c2C=1. The molecule has 3 heteroatoms. The van der Waals surface area contributed by atoms with Gasteiger partial charge < -0.3 is 4.57 Å². The Balaban J connectivity index is 1.23. The second-order valence-electron chi connectivity index (χ2n) is 10.2. The molecule has 3 heterocycles. The highest BCUT2D eigenvalue weighted by Gasteiger charge is 2.18. The summed E-state index contributed by atoms with van der Waals surface area (Å²) in [5.74, 6) is 0. The molecule has 0 atom stereocenters. The zero-order valence-corrected chi connectivity index (χ0v) is 21.0. The molecule has 180 valence electrons. The second-order valence-corrected chi connectivity index (χ2v) is 10.2. The first-order valence-corrected chi connectivity index (χ1v) is 13.2. The lowest BCUT2D eigenvalue weighted by Gasteiger charge is -2.12. The van der Waals surface area contributed by atoms with Gasteiger partial charge in [-0.2, -0.15) is 0 Å². The zero-order chi connectivity index (χ0) is 25.5. The Kier molecular flexibility index (Phi) is 4.02. The average Bonchev–Trinajstić information content (AvgIpc) is 3.69. The molecule has 1 aliphatic carbocycles. The van der Waals surface area contributed by atoms with Gasteiger partial charge in [-0.1, -0.05) is 72.8 Å². The fourth-order valence-electron chi connectivity index (χ4n) is 6.36. The van der Waals surface area contributed by atoms with Gasteiger partial charge in [0.25, 0.3) is 0 Å². The first-order valence-electron chi connectivity index (χ1n) is 13.2. The van der Waals surface area contributed by atoms with Crippen molar-refractivity contribution in [3.63, 3.8) is 0 Å². The highest BCUT2D eigenvalue weighted by Crippen LogP contribution is 2.36. The van der Waals surface area contributed by atoms with Gasteiger partial charge in [0, 0.05) is 39.4 Å². The van der Waals surface area contributed by atoms with E-state index in [2.05, 4.69) is 130 Å². The Hall–Kier alpha value is -5.37. The molecule has 9 rings (SSSR count). The summed E-state index contributed by atoms with van der Waals surface area (Å²) in [6, 6.07) is 41.6. The predicted molar refractivity (Wildman–Crippen MR) is 162 cm³/mol. The van der Waals surface area contributed by atoms with Crippen molar-refractivity contribution in [1.82, 2.24) is 14.0 Å². The lowest BCUT2D eigenvalue weighted by atomic mass is 9.99. The highest BCUT2D eigenvalue weighted by atomic mass is 15.0. The number of nitrogens with zero attached hydrogens (tertiary/aromatic N) is 3. The second kappa shape index (κ2) is 7.58. The van der Waals surface area contributed by atoms with Crippen molar-refractivity contribution < 1.29 is 0 Å². The molecule has 5 aromatic carbocycles. The van der Waals surface area contributed by atoms with Crippen LogP contribution in [0.3, 0.4) is 0 Å². The van der Waals surface area contributed by atoms with Gasteiger partial charge in [-0.25, -0.2) is 4.98 Å². The number of aromatic nitrogens is 3. The quantitative estimate of drug-likeness (QED) is 0.173. The van der Waals surface area contributed by atoms with E-state index in [4.69, 9.17) is 4.98 Å². The molecule has 0 radical (unpaired) electrons. The van der Waals surface area contributed by atoms with E-state index in [9.17, 15) is 0 Å². The summed E-state index contributed by atoms with van der Waals surface area (Å²) < 4.78 is 4.63. The van der Waals surface area contributed by atoms with E-state index >= 15 is 0 Å². The van der Waals surface area contributed by atoms with E-state index < -0.39 is 0 Å². The molecule has 0 spiro atoms. The van der Waals surface area contributed by atoms with E-state index in [1.165, 1.54) is 49.2 Å². The van der Waals surface area contributed by atoms with E-state index in [0.717, 1.165) is 28.1 Å². The minimum Gasteiger partial charge on any atom is -0.309 e. The van der Waals surface area contributed by atoms with E-state index in [1.807, 2.05) is 12.2 Å². The zero-order valence-electron chi connectivity index (χ0n) is 21.0. The largest absolute Gasteiger partial charge is 0.309 e. The van der Waals surface area contributed by atoms with Crippen LogP contribution in [0.25, 0.3) is 78.1 Å². The van der Waals surface area contributed by atoms with Crippen LogP contribution in [0.5, 0.6) is 0 Å². The Labute approximate surface area is 224 Å². The topological polar surface area (TPSA) is 22.2 Å². The molecule has 0 N–H and O–H groups in total. The maximum absolute atomic E-state index is 4.97. The van der Waals surface area contributed by atoms with E-state index in [1.54, 1.807) is 0 Å². The van der Waals surface area contributed by atoms with E-state index in [-0.39, 0.29) is 0 Å². The van der Waals surface area contributed by atoms with Crippen molar-refractivity contribution in [3.8, 4) is 16.8 Å². The van der Waals surface area contributed by atoms with Crippen LogP contribution in [0.1, 0.15) is 11.4 Å². The van der Waals surface area contributed by atoms with Crippen LogP contribution in [0.4, 0.5) is 0 Å². The number of para-hydroxylation sites is 3. The number of fused-ring (bicyclic) bond motifs is 11. The van der Waals surface area contributed by atoms with Gasteiger partial charge in [-0.05, 0) is 59.0 Å². The molecule has 0 bridgehead atoms. The molecule has 0 saturated carbocycles. The summed E-state index contributed by atoms with van der Waals surface area (Å²) in [6.45, 7) is 0. The Morgan fingerprint density at radius 2 is 1.13 bits per heavy atom. The van der Waals surface area contributed by atoms with Crippen LogP contribution in [-0.4, -0.2) is 14.0 Å². The van der Waals surface area contributed by atoms with E-state index in [0.29, 0.717) is 0 Å². The van der Waals surface area contributed by atoms with Crippen LogP contribution in [0.2, 0.25) is 0 Å². The van der Waals surface area contributed by atoms with Gasteiger partial charge in [0.15, 0.2) is 0 Å². The first kappa shape index (κ1) is 20.7. The minimum atomic E-state index is 0.984. The standard InChI is InChI=1S/C36H21N3/c1-4-12-32-26(8-1)27-9-2-5-13-33(27)38(32)25-19-16-23(17-20-25)24-18-21-29-30(22-24)28-10-3-6-14-34(28)39-35-15-7-11-31(35)37-36(29)39/h1-6,8-22H. The lowest BCUT2D eigenvalue weighted by Crippen LogP contribution is -1.94. The first-order chi connectivity index (χ1) is 19.3. The van der Waals surface area contributed by atoms with Gasteiger partial charge >= 0.3 is 0 Å². The van der Waals surface area contributed by atoms with Crippen molar-refractivity contribution in [2.45, 2.75) is 0 Å². The molecule has 8 aromatic rings. The maximum Gasteiger partial charge on any atom is 0.146 e. The minimum absolute atomic E-state index is 0.984. The number of imidazole rings is 1. The Morgan fingerprint density at radius 3 is 1.85 bits per heavy atom. The van der Waals surface area contributed by atoms with Crippen LogP contribution in [0.15, 0.2) is 121 Å². The smallest absolute Gasteiger partial charge is 0.146 e. The van der Waals surface area contributed by atoms with Crippen LogP contribution < -0.4 is 0 Å². The number of hydrogen-bond donors (Lipinski definition) is 0. The molecular weight excluding hydrogens is 474 g/mol. The molecule has 0 amide bonds. The van der Waals surface area contributed by atoms with Gasteiger partial charge in [-0.3, -0.25) is 4.40 Å². The monoisotopic (exact) mass is 495 g/mol. The summed E-state index contributed by atoms with van der Waals surface area (Å²) in [5.41, 5.74) is 13.5. The number of benzene rings is 5. The molecule has 0 unspecified atom stereocenters. The molecular formula is C36H21N3. The molecule has 39 heavy (non-hydrogen) atoms. The number of hydrogen-bond acceptors (Lipinski definition) is 1. The summed E-state index contributed by atoms with van der Waals surface area (Å²) in [6.07, 6.45) is 4.00. The van der Waals surface area contributed by atoms with Gasteiger partial charge in [0.05, 0.1) is 27.9 Å². The molecule has 0 fully saturated rings. The Morgan fingerprint density at radius 1 is 0.513 bits per heavy atom. The van der Waals surface area contributed by atoms with Crippen molar-refractivity contribution in [3.05, 3.63) is 132 Å². The third-order valence-corrected chi connectivity index (χ3v) is 8.12. The van der Waals surface area contributed by atoms with Crippen molar-refractivity contribution >= 4 is 61.3 Å². The van der Waals surface area contributed by atoms with Crippen molar-refractivity contribution in [2.75, 3.05) is 0 Å². The van der Waals surface area contributed by atoms with Crippen molar-refractivity contribution in [1.29, 1.82) is 0 Å². The van der Waals surface area contributed by atoms with Crippen LogP contribution in [-0.2, 0) is 0 Å². The Bertz CT molecular complexity index is 2300. The third-order valence-electron chi connectivity index (χ3n) is 8.12. The average molecular weight is 496 g/mol. The highest BCUT2D eigenvalue weighted by molar-refractivity contribution is 6.13. The van der Waals surface area contributed by atoms with Crippen molar-refractivity contribution in [2.24, 2.45) is 0 Å². The summed E-state index contributed by atoms with van der Waals surface area (Å²) in [7, 11) is 0. The summed E-state index contributed by atoms with van der Waals surface area (Å²) >= 11 is 0. The van der Waals surface area contributed by atoms with Gasteiger partial charge in [0.2, 0.25) is 0 Å². The summed E-state index contributed by atoms with van der Waals surface area (Å²) in [5, 5.41) is 6.17. The predicted octanol–water partition coefficient (Wildman–Crippen LogP) is 9.04. The summed E-state index contributed by atoms with van der Waals surface area (Å²) in [4.78, 5) is 4.97. The van der Waals surface area contributed by atoms with Crippen LogP contribution >= 0.6 is 0 Å². The van der Waals surface area contributed by atoms with Gasteiger partial charge in [-0.15, -0.1) is 5.73 Å². The molecule has 0 saturated heterocycles. The lowest BCUT2D eigenvalue weighted by molar-refractivity contribution is 1.18. The molecule has 1 aliphatic rings. The number of pyridine rings is 1.